The molecule has 0 bridgehead atoms. The van der Waals surface area contributed by atoms with Crippen molar-refractivity contribution >= 4 is 11.9 Å². The molecule has 0 spiro atoms. The molecule has 0 aliphatic rings. The predicted molar refractivity (Wildman–Crippen MR) is 193 cm³/mol. The van der Waals surface area contributed by atoms with Gasteiger partial charge in [0.25, 0.3) is 0 Å². The summed E-state index contributed by atoms with van der Waals surface area (Å²) in [6, 6.07) is 0. The minimum absolute atomic E-state index is 0.321. The lowest BCUT2D eigenvalue weighted by molar-refractivity contribution is -0.159. The molecule has 0 aromatic rings. The summed E-state index contributed by atoms with van der Waals surface area (Å²) >= 11 is 0. The van der Waals surface area contributed by atoms with Gasteiger partial charge >= 0.3 is 11.9 Å². The Morgan fingerprint density at radius 1 is 0.273 bits per heavy atom. The molecule has 3 nitrogen and oxygen atoms in total. The summed E-state index contributed by atoms with van der Waals surface area (Å²) in [4.78, 5) is 23.9. The Labute approximate surface area is 277 Å². The molecule has 0 aromatic heterocycles. The van der Waals surface area contributed by atoms with Crippen molar-refractivity contribution in [2.75, 3.05) is 0 Å². The molecule has 0 heterocycles. The third-order valence-corrected chi connectivity index (χ3v) is 9.45. The van der Waals surface area contributed by atoms with Crippen LogP contribution in [-0.2, 0) is 14.3 Å². The van der Waals surface area contributed by atoms with Gasteiger partial charge in [-0.1, -0.05) is 226 Å². The first-order valence-electron chi connectivity index (χ1n) is 20.4. The lowest BCUT2D eigenvalue weighted by atomic mass is 10.0. The topological polar surface area (TPSA) is 43.4 Å². The van der Waals surface area contributed by atoms with Gasteiger partial charge in [0.15, 0.2) is 0 Å². The fraction of sp³-hybridized carbons (Fsp3) is 0.951. The van der Waals surface area contributed by atoms with E-state index in [1.807, 2.05) is 0 Å². The number of rotatable bonds is 37. The highest BCUT2D eigenvalue weighted by atomic mass is 16.6. The van der Waals surface area contributed by atoms with Crippen molar-refractivity contribution in [2.24, 2.45) is 0 Å². The SMILES string of the molecule is CCCCCCCCCCCCCCCCCCCCC(=O)OC(=O)CCCCCCCCCCCCCCCCCCC. The first kappa shape index (κ1) is 43.1. The molecule has 0 unspecified atom stereocenters. The maximum Gasteiger partial charge on any atom is 0.313 e. The number of hydrogen-bond acceptors (Lipinski definition) is 3. The van der Waals surface area contributed by atoms with Crippen molar-refractivity contribution in [1.82, 2.24) is 0 Å². The summed E-state index contributed by atoms with van der Waals surface area (Å²) in [7, 11) is 0. The molecule has 0 saturated carbocycles. The van der Waals surface area contributed by atoms with Crippen LogP contribution >= 0.6 is 0 Å². The number of ether oxygens (including phenoxy) is 1. The summed E-state index contributed by atoms with van der Waals surface area (Å²) in [5, 5.41) is 0. The van der Waals surface area contributed by atoms with Crippen molar-refractivity contribution < 1.29 is 14.3 Å². The van der Waals surface area contributed by atoms with Gasteiger partial charge in [0.05, 0.1) is 0 Å². The summed E-state index contributed by atoms with van der Waals surface area (Å²) in [6.45, 7) is 4.57. The van der Waals surface area contributed by atoms with Crippen LogP contribution in [0.25, 0.3) is 0 Å². The summed E-state index contributed by atoms with van der Waals surface area (Å²) in [6.07, 6.45) is 47.4. The maximum atomic E-state index is 12.0. The third kappa shape index (κ3) is 37.3. The van der Waals surface area contributed by atoms with Crippen LogP contribution < -0.4 is 0 Å². The molecule has 262 valence electrons. The standard InChI is InChI=1S/C41H80O3/c1-3-5-7-9-11-13-15-17-19-21-23-25-27-29-31-33-35-37-39-41(43)44-40(42)38-36-34-32-30-28-26-24-22-20-18-16-14-12-10-8-6-4-2/h3-39H2,1-2H3. The first-order valence-corrected chi connectivity index (χ1v) is 20.4. The molecule has 0 amide bonds. The summed E-state index contributed by atoms with van der Waals surface area (Å²) in [5.41, 5.74) is 0. The van der Waals surface area contributed by atoms with Crippen LogP contribution in [0.4, 0.5) is 0 Å². The molecule has 0 aliphatic heterocycles. The van der Waals surface area contributed by atoms with Gasteiger partial charge in [0.1, 0.15) is 0 Å². The molecule has 0 N–H and O–H groups in total. The summed E-state index contributed by atoms with van der Waals surface area (Å²) in [5.74, 6) is -0.642. The summed E-state index contributed by atoms with van der Waals surface area (Å²) < 4.78 is 5.03. The van der Waals surface area contributed by atoms with E-state index in [0.29, 0.717) is 12.8 Å². The second kappa shape index (κ2) is 38.3. The number of unbranched alkanes of at least 4 members (excludes halogenated alkanes) is 33. The predicted octanol–water partition coefficient (Wildman–Crippen LogP) is 14.5. The monoisotopic (exact) mass is 621 g/mol. The van der Waals surface area contributed by atoms with Gasteiger partial charge in [0.2, 0.25) is 0 Å². The van der Waals surface area contributed by atoms with Gasteiger partial charge < -0.3 is 4.74 Å². The molecule has 0 aliphatic carbocycles. The number of carbonyl (C=O) groups is 2. The average molecular weight is 621 g/mol. The second-order valence-corrected chi connectivity index (χ2v) is 14.0. The Bertz CT molecular complexity index is 572. The van der Waals surface area contributed by atoms with E-state index in [2.05, 4.69) is 13.8 Å². The zero-order valence-corrected chi connectivity index (χ0v) is 30.4. The Morgan fingerprint density at radius 3 is 0.614 bits per heavy atom. The van der Waals surface area contributed by atoms with E-state index in [9.17, 15) is 9.59 Å². The molecule has 3 heteroatoms. The molecule has 0 aromatic carbocycles. The molecular formula is C41H80O3. The molecule has 0 rings (SSSR count). The zero-order chi connectivity index (χ0) is 32.0. The van der Waals surface area contributed by atoms with Crippen LogP contribution in [0.1, 0.15) is 251 Å². The van der Waals surface area contributed by atoms with E-state index in [0.717, 1.165) is 25.7 Å². The van der Waals surface area contributed by atoms with Gasteiger partial charge in [-0.05, 0) is 12.8 Å². The Hall–Kier alpha value is -0.860. The quantitative estimate of drug-likeness (QED) is 0.0394. The van der Waals surface area contributed by atoms with E-state index < -0.39 is 0 Å². The average Bonchev–Trinajstić information content (AvgIpc) is 3.02. The maximum absolute atomic E-state index is 12.0. The van der Waals surface area contributed by atoms with Crippen LogP contribution in [-0.4, -0.2) is 11.9 Å². The van der Waals surface area contributed by atoms with E-state index in [4.69, 9.17) is 4.74 Å². The van der Waals surface area contributed by atoms with Crippen molar-refractivity contribution in [3.05, 3.63) is 0 Å². The van der Waals surface area contributed by atoms with Crippen LogP contribution in [0.3, 0.4) is 0 Å². The highest BCUT2D eigenvalue weighted by Gasteiger charge is 2.10. The first-order chi connectivity index (χ1) is 21.7. The molecule has 0 radical (unpaired) electrons. The number of carbonyl (C=O) groups excluding carboxylic acids is 2. The fourth-order valence-electron chi connectivity index (χ4n) is 6.39. The van der Waals surface area contributed by atoms with E-state index >= 15 is 0 Å². The Balaban J connectivity index is 3.26. The molecule has 0 fully saturated rings. The van der Waals surface area contributed by atoms with Gasteiger partial charge in [-0.15, -0.1) is 0 Å². The van der Waals surface area contributed by atoms with Gasteiger partial charge in [-0.3, -0.25) is 9.59 Å². The Morgan fingerprint density at radius 2 is 0.432 bits per heavy atom. The second-order valence-electron chi connectivity index (χ2n) is 14.0. The Kier molecular flexibility index (Phi) is 37.6. The van der Waals surface area contributed by atoms with Crippen molar-refractivity contribution in [3.8, 4) is 0 Å². The van der Waals surface area contributed by atoms with Gasteiger partial charge in [-0.2, -0.15) is 0 Å². The minimum atomic E-state index is -0.321. The lowest BCUT2D eigenvalue weighted by Crippen LogP contribution is -2.11. The lowest BCUT2D eigenvalue weighted by Gasteiger charge is -2.05. The number of hydrogen-bond donors (Lipinski definition) is 0. The molecule has 0 atom stereocenters. The zero-order valence-electron chi connectivity index (χ0n) is 30.4. The van der Waals surface area contributed by atoms with Crippen LogP contribution in [0.15, 0.2) is 0 Å². The van der Waals surface area contributed by atoms with Crippen molar-refractivity contribution in [1.29, 1.82) is 0 Å². The fourth-order valence-corrected chi connectivity index (χ4v) is 6.39. The van der Waals surface area contributed by atoms with Crippen LogP contribution in [0.2, 0.25) is 0 Å². The largest absolute Gasteiger partial charge is 0.393 e. The highest BCUT2D eigenvalue weighted by Crippen LogP contribution is 2.16. The van der Waals surface area contributed by atoms with Crippen molar-refractivity contribution in [2.45, 2.75) is 251 Å². The molecular weight excluding hydrogens is 540 g/mol. The smallest absolute Gasteiger partial charge is 0.313 e. The van der Waals surface area contributed by atoms with Crippen molar-refractivity contribution in [3.63, 3.8) is 0 Å². The highest BCUT2D eigenvalue weighted by molar-refractivity contribution is 5.85. The molecule has 44 heavy (non-hydrogen) atoms. The van der Waals surface area contributed by atoms with E-state index in [1.54, 1.807) is 0 Å². The van der Waals surface area contributed by atoms with E-state index in [1.165, 1.54) is 199 Å². The third-order valence-electron chi connectivity index (χ3n) is 9.45. The number of esters is 2. The molecule has 0 saturated heterocycles. The van der Waals surface area contributed by atoms with Gasteiger partial charge in [0, 0.05) is 12.8 Å². The van der Waals surface area contributed by atoms with Gasteiger partial charge in [-0.25, -0.2) is 0 Å². The normalized spacial score (nSPS) is 11.3. The van der Waals surface area contributed by atoms with Crippen LogP contribution in [0.5, 0.6) is 0 Å². The van der Waals surface area contributed by atoms with E-state index in [-0.39, 0.29) is 11.9 Å². The van der Waals surface area contributed by atoms with Crippen LogP contribution in [0, 0.1) is 0 Å². The minimum Gasteiger partial charge on any atom is -0.393 e.